The topological polar surface area (TPSA) is 20.2 Å². The molecular weight excluding hydrogens is 219 g/mol. The van der Waals surface area contributed by atoms with E-state index in [9.17, 15) is 5.11 Å². The van der Waals surface area contributed by atoms with Crippen molar-refractivity contribution < 1.29 is 5.11 Å². The van der Waals surface area contributed by atoms with E-state index in [1.165, 1.54) is 0 Å². The fraction of sp³-hybridized carbons (Fsp3) is 0.273. The Bertz CT molecular complexity index is 356. The Morgan fingerprint density at radius 3 is 2.50 bits per heavy atom. The number of halogens is 2. The largest absolute Gasteiger partial charge is 0.389 e. The van der Waals surface area contributed by atoms with Gasteiger partial charge in [0.25, 0.3) is 0 Å². The summed E-state index contributed by atoms with van der Waals surface area (Å²) in [4.78, 5) is 0. The molecule has 1 atom stereocenters. The van der Waals surface area contributed by atoms with Gasteiger partial charge < -0.3 is 5.11 Å². The standard InChI is InChI=1S/C11H12Cl2O/c1-7(8(2)14)5-9-3-4-10(12)11(13)6-9/h3-6,8,14H,1-2H3/b7-5+. The Hall–Kier alpha value is -0.500. The highest BCUT2D eigenvalue weighted by molar-refractivity contribution is 6.42. The molecule has 14 heavy (non-hydrogen) atoms. The lowest BCUT2D eigenvalue weighted by atomic mass is 10.1. The summed E-state index contributed by atoms with van der Waals surface area (Å²) in [7, 11) is 0. The first-order valence-electron chi connectivity index (χ1n) is 4.32. The molecule has 0 heterocycles. The Kier molecular flexibility index (Phi) is 3.99. The van der Waals surface area contributed by atoms with E-state index in [0.717, 1.165) is 11.1 Å². The van der Waals surface area contributed by atoms with Crippen molar-refractivity contribution in [2.24, 2.45) is 0 Å². The van der Waals surface area contributed by atoms with Crippen LogP contribution in [0, 0.1) is 0 Å². The van der Waals surface area contributed by atoms with Crippen LogP contribution in [0.1, 0.15) is 19.4 Å². The summed E-state index contributed by atoms with van der Waals surface area (Å²) in [5.41, 5.74) is 1.83. The zero-order valence-electron chi connectivity index (χ0n) is 8.09. The average molecular weight is 231 g/mol. The van der Waals surface area contributed by atoms with Crippen LogP contribution < -0.4 is 0 Å². The molecule has 1 rings (SSSR count). The molecule has 3 heteroatoms. The molecule has 1 aromatic rings. The van der Waals surface area contributed by atoms with E-state index in [1.807, 2.05) is 19.1 Å². The molecule has 0 fully saturated rings. The van der Waals surface area contributed by atoms with E-state index in [4.69, 9.17) is 23.2 Å². The van der Waals surface area contributed by atoms with Gasteiger partial charge in [0.2, 0.25) is 0 Å². The maximum Gasteiger partial charge on any atom is 0.0722 e. The third kappa shape index (κ3) is 3.02. The van der Waals surface area contributed by atoms with Crippen LogP contribution in [-0.4, -0.2) is 11.2 Å². The van der Waals surface area contributed by atoms with Gasteiger partial charge in [-0.05, 0) is 37.1 Å². The van der Waals surface area contributed by atoms with Crippen LogP contribution in [0.3, 0.4) is 0 Å². The monoisotopic (exact) mass is 230 g/mol. The third-order valence-corrected chi connectivity index (χ3v) is 2.74. The molecule has 76 valence electrons. The highest BCUT2D eigenvalue weighted by atomic mass is 35.5. The molecule has 0 saturated heterocycles. The van der Waals surface area contributed by atoms with Gasteiger partial charge in [0, 0.05) is 0 Å². The van der Waals surface area contributed by atoms with Crippen LogP contribution in [0.15, 0.2) is 23.8 Å². The van der Waals surface area contributed by atoms with Gasteiger partial charge in [0.05, 0.1) is 16.1 Å². The summed E-state index contributed by atoms with van der Waals surface area (Å²) in [5, 5.41) is 10.3. The second-order valence-electron chi connectivity index (χ2n) is 3.24. The van der Waals surface area contributed by atoms with E-state index < -0.39 is 6.10 Å². The predicted molar refractivity (Wildman–Crippen MR) is 61.8 cm³/mol. The summed E-state index contributed by atoms with van der Waals surface area (Å²) in [6, 6.07) is 5.38. The van der Waals surface area contributed by atoms with Crippen LogP contribution in [0.4, 0.5) is 0 Å². The zero-order chi connectivity index (χ0) is 10.7. The minimum atomic E-state index is -0.440. The van der Waals surface area contributed by atoms with E-state index in [1.54, 1.807) is 19.1 Å². The molecule has 1 unspecified atom stereocenters. The van der Waals surface area contributed by atoms with Crippen molar-refractivity contribution in [3.8, 4) is 0 Å². The van der Waals surface area contributed by atoms with Gasteiger partial charge in [-0.1, -0.05) is 35.3 Å². The normalized spacial score (nSPS) is 14.2. The van der Waals surface area contributed by atoms with Crippen LogP contribution in [-0.2, 0) is 0 Å². The van der Waals surface area contributed by atoms with Crippen molar-refractivity contribution >= 4 is 29.3 Å². The molecule has 0 spiro atoms. The molecule has 1 aromatic carbocycles. The lowest BCUT2D eigenvalue weighted by Crippen LogP contribution is -2.00. The van der Waals surface area contributed by atoms with Crippen molar-refractivity contribution in [1.82, 2.24) is 0 Å². The minimum absolute atomic E-state index is 0.440. The Morgan fingerprint density at radius 1 is 1.36 bits per heavy atom. The Labute approximate surface area is 94.0 Å². The van der Waals surface area contributed by atoms with Crippen molar-refractivity contribution in [1.29, 1.82) is 0 Å². The molecule has 0 aliphatic heterocycles. The highest BCUT2D eigenvalue weighted by Crippen LogP contribution is 2.23. The van der Waals surface area contributed by atoms with Crippen molar-refractivity contribution in [2.45, 2.75) is 20.0 Å². The summed E-state index contributed by atoms with van der Waals surface area (Å²) in [6.45, 7) is 3.59. The smallest absolute Gasteiger partial charge is 0.0722 e. The van der Waals surface area contributed by atoms with E-state index in [2.05, 4.69) is 0 Å². The zero-order valence-corrected chi connectivity index (χ0v) is 9.60. The Morgan fingerprint density at radius 2 is 2.00 bits per heavy atom. The number of aliphatic hydroxyl groups is 1. The maximum absolute atomic E-state index is 9.28. The third-order valence-electron chi connectivity index (χ3n) is 2.00. The van der Waals surface area contributed by atoms with Gasteiger partial charge in [0.1, 0.15) is 0 Å². The summed E-state index contributed by atoms with van der Waals surface area (Å²) in [5.74, 6) is 0. The molecule has 1 N–H and O–H groups in total. The highest BCUT2D eigenvalue weighted by Gasteiger charge is 2.00. The number of benzene rings is 1. The van der Waals surface area contributed by atoms with Crippen LogP contribution in [0.5, 0.6) is 0 Å². The predicted octanol–water partition coefficient (Wildman–Crippen LogP) is 3.78. The molecule has 0 radical (unpaired) electrons. The van der Waals surface area contributed by atoms with Gasteiger partial charge in [-0.15, -0.1) is 0 Å². The molecule has 0 aromatic heterocycles. The summed E-state index contributed by atoms with van der Waals surface area (Å²) < 4.78 is 0. The molecule has 1 nitrogen and oxygen atoms in total. The molecular formula is C11H12Cl2O. The Balaban J connectivity index is 2.98. The van der Waals surface area contributed by atoms with Gasteiger partial charge in [-0.3, -0.25) is 0 Å². The fourth-order valence-corrected chi connectivity index (χ4v) is 1.29. The van der Waals surface area contributed by atoms with Gasteiger partial charge in [-0.2, -0.15) is 0 Å². The quantitative estimate of drug-likeness (QED) is 0.821. The molecule has 0 aliphatic carbocycles. The van der Waals surface area contributed by atoms with Gasteiger partial charge in [0.15, 0.2) is 0 Å². The van der Waals surface area contributed by atoms with Gasteiger partial charge >= 0.3 is 0 Å². The first kappa shape index (κ1) is 11.6. The van der Waals surface area contributed by atoms with E-state index >= 15 is 0 Å². The molecule has 0 amide bonds. The molecule has 0 aliphatic rings. The lowest BCUT2D eigenvalue weighted by molar-refractivity contribution is 0.232. The molecule has 0 bridgehead atoms. The van der Waals surface area contributed by atoms with E-state index in [0.29, 0.717) is 10.0 Å². The molecule has 0 saturated carbocycles. The minimum Gasteiger partial charge on any atom is -0.389 e. The number of hydrogen-bond donors (Lipinski definition) is 1. The number of aliphatic hydroxyl groups excluding tert-OH is 1. The second-order valence-corrected chi connectivity index (χ2v) is 4.05. The number of hydrogen-bond acceptors (Lipinski definition) is 1. The van der Waals surface area contributed by atoms with Crippen molar-refractivity contribution in [2.75, 3.05) is 0 Å². The van der Waals surface area contributed by atoms with Gasteiger partial charge in [-0.25, -0.2) is 0 Å². The van der Waals surface area contributed by atoms with E-state index in [-0.39, 0.29) is 0 Å². The fourth-order valence-electron chi connectivity index (χ4n) is 0.986. The van der Waals surface area contributed by atoms with Crippen LogP contribution in [0.2, 0.25) is 10.0 Å². The average Bonchev–Trinajstić information content (AvgIpc) is 2.11. The SMILES string of the molecule is C/C(=C\c1ccc(Cl)c(Cl)c1)C(C)O. The van der Waals surface area contributed by atoms with Crippen LogP contribution in [0.25, 0.3) is 6.08 Å². The van der Waals surface area contributed by atoms with Crippen molar-refractivity contribution in [3.63, 3.8) is 0 Å². The summed E-state index contributed by atoms with van der Waals surface area (Å²) >= 11 is 11.6. The lowest BCUT2D eigenvalue weighted by Gasteiger charge is -2.04. The van der Waals surface area contributed by atoms with Crippen LogP contribution >= 0.6 is 23.2 Å². The number of rotatable bonds is 2. The summed E-state index contributed by atoms with van der Waals surface area (Å²) in [6.07, 6.45) is 1.44. The van der Waals surface area contributed by atoms with Crippen molar-refractivity contribution in [3.05, 3.63) is 39.4 Å². The maximum atomic E-state index is 9.28. The first-order chi connectivity index (χ1) is 6.50. The first-order valence-corrected chi connectivity index (χ1v) is 5.07. The second kappa shape index (κ2) is 4.83.